The lowest BCUT2D eigenvalue weighted by atomic mass is 10.1. The SMILES string of the molecule is CCCC/C(=C/Cl)C(=O)O. The number of halogens is 1. The third-order valence-corrected chi connectivity index (χ3v) is 1.47. The topological polar surface area (TPSA) is 37.3 Å². The fraction of sp³-hybridized carbons (Fsp3) is 0.571. The number of hydrogen-bond donors (Lipinski definition) is 1. The van der Waals surface area contributed by atoms with Gasteiger partial charge in [-0.25, -0.2) is 4.79 Å². The van der Waals surface area contributed by atoms with Crippen LogP contribution >= 0.6 is 11.6 Å². The lowest BCUT2D eigenvalue weighted by Crippen LogP contribution is -1.99. The van der Waals surface area contributed by atoms with Crippen molar-refractivity contribution in [2.24, 2.45) is 0 Å². The van der Waals surface area contributed by atoms with Crippen molar-refractivity contribution in [1.82, 2.24) is 0 Å². The van der Waals surface area contributed by atoms with Gasteiger partial charge in [-0.1, -0.05) is 24.9 Å². The van der Waals surface area contributed by atoms with Crippen molar-refractivity contribution in [2.75, 3.05) is 0 Å². The third-order valence-electron chi connectivity index (χ3n) is 1.21. The second-order valence-corrected chi connectivity index (χ2v) is 2.26. The number of rotatable bonds is 4. The van der Waals surface area contributed by atoms with E-state index >= 15 is 0 Å². The molecule has 3 heteroatoms. The van der Waals surface area contributed by atoms with Gasteiger partial charge in [0.05, 0.1) is 0 Å². The smallest absolute Gasteiger partial charge is 0.332 e. The Morgan fingerprint density at radius 2 is 2.30 bits per heavy atom. The molecule has 0 fully saturated rings. The van der Waals surface area contributed by atoms with E-state index in [-0.39, 0.29) is 0 Å². The van der Waals surface area contributed by atoms with Gasteiger partial charge in [-0.3, -0.25) is 0 Å². The summed E-state index contributed by atoms with van der Waals surface area (Å²) in [5, 5.41) is 8.45. The van der Waals surface area contributed by atoms with Crippen molar-refractivity contribution >= 4 is 17.6 Å². The maximum absolute atomic E-state index is 10.3. The summed E-state index contributed by atoms with van der Waals surface area (Å²) in [6.07, 6.45) is 2.43. The summed E-state index contributed by atoms with van der Waals surface area (Å²) in [7, 11) is 0. The molecule has 0 unspecified atom stereocenters. The molecule has 0 aromatic carbocycles. The largest absolute Gasteiger partial charge is 0.478 e. The van der Waals surface area contributed by atoms with Gasteiger partial charge < -0.3 is 5.11 Å². The zero-order valence-corrected chi connectivity index (χ0v) is 6.69. The molecule has 2 nitrogen and oxygen atoms in total. The molecular weight excluding hydrogens is 152 g/mol. The molecule has 58 valence electrons. The van der Waals surface area contributed by atoms with Crippen LogP contribution in [0.5, 0.6) is 0 Å². The number of aliphatic carboxylic acids is 1. The number of carboxylic acid groups (broad SMARTS) is 1. The van der Waals surface area contributed by atoms with Gasteiger partial charge in [0.15, 0.2) is 0 Å². The molecule has 0 aliphatic carbocycles. The quantitative estimate of drug-likeness (QED) is 0.645. The Hall–Kier alpha value is -0.500. The van der Waals surface area contributed by atoms with E-state index < -0.39 is 5.97 Å². The minimum Gasteiger partial charge on any atom is -0.478 e. The summed E-state index contributed by atoms with van der Waals surface area (Å²) in [6, 6.07) is 0. The van der Waals surface area contributed by atoms with Crippen LogP contribution in [0.1, 0.15) is 26.2 Å². The molecule has 0 radical (unpaired) electrons. The average Bonchev–Trinajstić information content (AvgIpc) is 1.89. The summed E-state index contributed by atoms with van der Waals surface area (Å²) >= 11 is 5.26. The predicted octanol–water partition coefficient (Wildman–Crippen LogP) is 2.38. The zero-order chi connectivity index (χ0) is 7.98. The highest BCUT2D eigenvalue weighted by Crippen LogP contribution is 2.08. The van der Waals surface area contributed by atoms with Crippen LogP contribution in [0.25, 0.3) is 0 Å². The van der Waals surface area contributed by atoms with Crippen molar-refractivity contribution in [3.05, 3.63) is 11.1 Å². The Morgan fingerprint density at radius 1 is 1.70 bits per heavy atom. The van der Waals surface area contributed by atoms with E-state index in [0.29, 0.717) is 12.0 Å². The van der Waals surface area contributed by atoms with Gasteiger partial charge >= 0.3 is 5.97 Å². The van der Waals surface area contributed by atoms with Gasteiger partial charge in [0.1, 0.15) is 0 Å². The third kappa shape index (κ3) is 3.51. The Bertz CT molecular complexity index is 141. The van der Waals surface area contributed by atoms with Crippen LogP contribution in [0.4, 0.5) is 0 Å². The van der Waals surface area contributed by atoms with Crippen molar-refractivity contribution in [2.45, 2.75) is 26.2 Å². The molecule has 0 aliphatic heterocycles. The molecule has 0 saturated heterocycles. The van der Waals surface area contributed by atoms with Crippen molar-refractivity contribution in [1.29, 1.82) is 0 Å². The van der Waals surface area contributed by atoms with Crippen molar-refractivity contribution in [3.63, 3.8) is 0 Å². The molecule has 0 amide bonds. The van der Waals surface area contributed by atoms with Gasteiger partial charge in [-0.15, -0.1) is 0 Å². The molecule has 10 heavy (non-hydrogen) atoms. The van der Waals surface area contributed by atoms with Crippen LogP contribution in [-0.4, -0.2) is 11.1 Å². The highest BCUT2D eigenvalue weighted by atomic mass is 35.5. The molecule has 0 saturated carbocycles. The van der Waals surface area contributed by atoms with Gasteiger partial charge in [0, 0.05) is 11.1 Å². The zero-order valence-electron chi connectivity index (χ0n) is 5.93. The van der Waals surface area contributed by atoms with Crippen molar-refractivity contribution < 1.29 is 9.90 Å². The molecule has 0 bridgehead atoms. The van der Waals surface area contributed by atoms with E-state index in [9.17, 15) is 4.79 Å². The standard InChI is InChI=1S/C7H11ClO2/c1-2-3-4-6(5-8)7(9)10/h5H,2-4H2,1H3,(H,9,10)/b6-5-. The van der Waals surface area contributed by atoms with Crippen LogP contribution in [0.2, 0.25) is 0 Å². The Balaban J connectivity index is 3.74. The molecule has 0 aliphatic rings. The maximum atomic E-state index is 10.3. The van der Waals surface area contributed by atoms with Gasteiger partial charge in [-0.05, 0) is 12.8 Å². The lowest BCUT2D eigenvalue weighted by molar-refractivity contribution is -0.132. The molecule has 0 rings (SSSR count). The first-order valence-electron chi connectivity index (χ1n) is 3.25. The van der Waals surface area contributed by atoms with E-state index in [0.717, 1.165) is 18.4 Å². The first-order chi connectivity index (χ1) is 4.72. The maximum Gasteiger partial charge on any atom is 0.332 e. The summed E-state index contributed by atoms with van der Waals surface area (Å²) < 4.78 is 0. The van der Waals surface area contributed by atoms with E-state index in [4.69, 9.17) is 16.7 Å². The van der Waals surface area contributed by atoms with E-state index in [1.54, 1.807) is 0 Å². The van der Waals surface area contributed by atoms with Crippen molar-refractivity contribution in [3.8, 4) is 0 Å². The first kappa shape index (κ1) is 9.50. The molecule has 0 aromatic heterocycles. The molecule has 0 heterocycles. The fourth-order valence-electron chi connectivity index (χ4n) is 0.575. The summed E-state index contributed by atoms with van der Waals surface area (Å²) in [5.41, 5.74) is 1.43. The number of carbonyl (C=O) groups is 1. The molecule has 0 atom stereocenters. The van der Waals surface area contributed by atoms with E-state index in [2.05, 4.69) is 0 Å². The van der Waals surface area contributed by atoms with Crippen LogP contribution in [0, 0.1) is 0 Å². The predicted molar refractivity (Wildman–Crippen MR) is 41.1 cm³/mol. The molecule has 1 N–H and O–H groups in total. The van der Waals surface area contributed by atoms with Gasteiger partial charge in [0.25, 0.3) is 0 Å². The second kappa shape index (κ2) is 5.30. The highest BCUT2D eigenvalue weighted by molar-refractivity contribution is 6.27. The molecular formula is C7H11ClO2. The number of hydrogen-bond acceptors (Lipinski definition) is 1. The second-order valence-electron chi connectivity index (χ2n) is 2.04. The van der Waals surface area contributed by atoms with Gasteiger partial charge in [0.2, 0.25) is 0 Å². The Labute approximate surface area is 65.5 Å². The number of unbranched alkanes of at least 4 members (excludes halogenated alkanes) is 1. The molecule has 0 aromatic rings. The Morgan fingerprint density at radius 3 is 2.60 bits per heavy atom. The van der Waals surface area contributed by atoms with Crippen LogP contribution in [0.15, 0.2) is 11.1 Å². The summed E-state index contributed by atoms with van der Waals surface area (Å²) in [4.78, 5) is 10.3. The summed E-state index contributed by atoms with van der Waals surface area (Å²) in [5.74, 6) is -0.913. The van der Waals surface area contributed by atoms with Gasteiger partial charge in [-0.2, -0.15) is 0 Å². The fourth-order valence-corrected chi connectivity index (χ4v) is 0.778. The summed E-state index contributed by atoms with van der Waals surface area (Å²) in [6.45, 7) is 2.01. The normalized spacial score (nSPS) is 11.6. The minimum atomic E-state index is -0.913. The molecule has 0 spiro atoms. The average molecular weight is 163 g/mol. The van der Waals surface area contributed by atoms with Crippen LogP contribution in [-0.2, 0) is 4.79 Å². The first-order valence-corrected chi connectivity index (χ1v) is 3.68. The van der Waals surface area contributed by atoms with Crippen LogP contribution < -0.4 is 0 Å². The lowest BCUT2D eigenvalue weighted by Gasteiger charge is -1.96. The Kier molecular flexibility index (Phi) is 5.03. The van der Waals surface area contributed by atoms with E-state index in [1.807, 2.05) is 6.92 Å². The van der Waals surface area contributed by atoms with Crippen LogP contribution in [0.3, 0.4) is 0 Å². The monoisotopic (exact) mass is 162 g/mol. The number of carboxylic acids is 1. The van der Waals surface area contributed by atoms with E-state index in [1.165, 1.54) is 0 Å². The minimum absolute atomic E-state index is 0.295. The highest BCUT2D eigenvalue weighted by Gasteiger charge is 2.03.